The molecule has 0 spiro atoms. The van der Waals surface area contributed by atoms with Crippen molar-refractivity contribution in [3.8, 4) is 0 Å². The van der Waals surface area contributed by atoms with Crippen molar-refractivity contribution in [1.29, 1.82) is 0 Å². The molecular weight excluding hydrogens is 393 g/mol. The van der Waals surface area contributed by atoms with Gasteiger partial charge in [0.15, 0.2) is 5.62 Å². The molecule has 1 aliphatic rings. The quantitative estimate of drug-likeness (QED) is 0.463. The first-order valence-electron chi connectivity index (χ1n) is 6.64. The van der Waals surface area contributed by atoms with Gasteiger partial charge in [-0.2, -0.15) is 0 Å². The Morgan fingerprint density at radius 1 is 1.32 bits per heavy atom. The maximum absolute atomic E-state index is 10.0. The highest BCUT2D eigenvalue weighted by atomic mass is 127. The summed E-state index contributed by atoms with van der Waals surface area (Å²) in [7, 11) is 1.80. The number of thioether (sulfide) groups is 1. The zero-order chi connectivity index (χ0) is 14.6. The third-order valence-electron chi connectivity index (χ3n) is 2.63. The molecule has 0 saturated carbocycles. The number of rotatable bonds is 7. The Labute approximate surface area is 138 Å². The van der Waals surface area contributed by atoms with Gasteiger partial charge in [-0.05, 0) is 39.6 Å². The predicted octanol–water partition coefficient (Wildman–Crippen LogP) is 3.75. The largest absolute Gasteiger partial charge is 0.379 e. The molecule has 0 aromatic carbocycles. The minimum atomic E-state index is 0.289. The van der Waals surface area contributed by atoms with Gasteiger partial charge in [-0.15, -0.1) is 0 Å². The summed E-state index contributed by atoms with van der Waals surface area (Å²) in [6.45, 7) is 11.9. The van der Waals surface area contributed by atoms with Crippen molar-refractivity contribution in [2.75, 3.05) is 44.4 Å². The molecule has 1 aliphatic heterocycles. The predicted molar refractivity (Wildman–Crippen MR) is 97.0 cm³/mol. The minimum absolute atomic E-state index is 0.289. The van der Waals surface area contributed by atoms with E-state index in [-0.39, 0.29) is 5.41 Å². The van der Waals surface area contributed by atoms with Crippen molar-refractivity contribution < 1.29 is 9.53 Å². The summed E-state index contributed by atoms with van der Waals surface area (Å²) >= 11 is 3.64. The summed E-state index contributed by atoms with van der Waals surface area (Å²) in [5.74, 6) is 2.03. The molecule has 0 aliphatic carbocycles. The van der Waals surface area contributed by atoms with Crippen LogP contribution in [0.5, 0.6) is 0 Å². The van der Waals surface area contributed by atoms with E-state index < -0.39 is 0 Å². The number of ether oxygens (including phenoxy) is 1. The molecule has 3 nitrogen and oxygen atoms in total. The Kier molecular flexibility index (Phi) is 13.4. The van der Waals surface area contributed by atoms with Crippen LogP contribution < -0.4 is 0 Å². The smallest absolute Gasteiger partial charge is 0.176 e. The van der Waals surface area contributed by atoms with Crippen molar-refractivity contribution in [1.82, 2.24) is 4.90 Å². The molecule has 0 unspecified atom stereocenters. The zero-order valence-corrected chi connectivity index (χ0v) is 16.0. The van der Waals surface area contributed by atoms with Crippen LogP contribution in [0.1, 0.15) is 27.2 Å². The summed E-state index contributed by atoms with van der Waals surface area (Å²) in [6, 6.07) is 0. The van der Waals surface area contributed by atoms with Crippen LogP contribution in [0.15, 0.2) is 0 Å². The number of hydrogen-bond donors (Lipinski definition) is 0. The van der Waals surface area contributed by atoms with E-state index >= 15 is 0 Å². The molecule has 0 N–H and O–H groups in total. The van der Waals surface area contributed by atoms with Gasteiger partial charge in [-0.3, -0.25) is 9.69 Å². The van der Waals surface area contributed by atoms with Crippen molar-refractivity contribution in [2.24, 2.45) is 5.41 Å². The van der Waals surface area contributed by atoms with E-state index in [2.05, 4.69) is 46.9 Å². The van der Waals surface area contributed by atoms with Crippen LogP contribution in [0.2, 0.25) is 0 Å². The Morgan fingerprint density at radius 3 is 2.42 bits per heavy atom. The monoisotopic (exact) mass is 419 g/mol. The average molecular weight is 419 g/mol. The van der Waals surface area contributed by atoms with Crippen LogP contribution in [-0.2, 0) is 9.53 Å². The lowest BCUT2D eigenvalue weighted by Gasteiger charge is -2.25. The molecule has 6 heteroatoms. The Morgan fingerprint density at radius 2 is 1.95 bits per heavy atom. The fraction of sp³-hybridized carbons (Fsp3) is 0.923. The molecule has 114 valence electrons. The molecule has 0 aromatic heterocycles. The van der Waals surface area contributed by atoms with Gasteiger partial charge in [-0.25, -0.2) is 0 Å². The van der Waals surface area contributed by atoms with Gasteiger partial charge in [0, 0.05) is 24.6 Å². The molecule has 1 fully saturated rings. The van der Waals surface area contributed by atoms with Crippen LogP contribution in [-0.4, -0.2) is 54.9 Å². The van der Waals surface area contributed by atoms with Gasteiger partial charge in [0.25, 0.3) is 0 Å². The number of carbonyl (C=O) groups excluding carboxylic acids is 1. The van der Waals surface area contributed by atoms with E-state index in [9.17, 15) is 4.79 Å². The topological polar surface area (TPSA) is 29.5 Å². The molecule has 1 heterocycles. The van der Waals surface area contributed by atoms with Gasteiger partial charge < -0.3 is 4.74 Å². The van der Waals surface area contributed by atoms with E-state index in [0.29, 0.717) is 0 Å². The summed E-state index contributed by atoms with van der Waals surface area (Å²) in [5, 5.41) is 0. The fourth-order valence-electron chi connectivity index (χ4n) is 1.59. The second kappa shape index (κ2) is 12.7. The average Bonchev–Trinajstić information content (AvgIpc) is 2.39. The molecule has 19 heavy (non-hydrogen) atoms. The molecule has 0 bridgehead atoms. The van der Waals surface area contributed by atoms with E-state index in [1.807, 2.05) is 0 Å². The number of hydrogen-bond acceptors (Lipinski definition) is 5. The van der Waals surface area contributed by atoms with Crippen molar-refractivity contribution in [2.45, 2.75) is 27.2 Å². The number of morpholine rings is 1. The van der Waals surface area contributed by atoms with Crippen molar-refractivity contribution >= 4 is 47.5 Å². The van der Waals surface area contributed by atoms with Crippen LogP contribution in [0.3, 0.4) is 0 Å². The zero-order valence-electron chi connectivity index (χ0n) is 12.2. The van der Waals surface area contributed by atoms with Crippen LogP contribution in [0.4, 0.5) is 0 Å². The van der Waals surface area contributed by atoms with Gasteiger partial charge >= 0.3 is 0 Å². The van der Waals surface area contributed by atoms with Gasteiger partial charge in [0.05, 0.1) is 13.2 Å². The molecule has 1 rings (SSSR count). The second-order valence-corrected chi connectivity index (χ2v) is 8.47. The lowest BCUT2D eigenvalue weighted by Crippen LogP contribution is -2.36. The van der Waals surface area contributed by atoms with Crippen LogP contribution in [0.25, 0.3) is 0 Å². The maximum Gasteiger partial charge on any atom is 0.176 e. The Hall–Kier alpha value is 1.02. The van der Waals surface area contributed by atoms with Crippen LogP contribution in [0, 0.1) is 5.41 Å². The second-order valence-electron chi connectivity index (χ2n) is 5.28. The van der Waals surface area contributed by atoms with Gasteiger partial charge in [0.1, 0.15) is 0 Å². The molecule has 0 atom stereocenters. The number of halogens is 1. The first-order valence-corrected chi connectivity index (χ1v) is 11.2. The SMILES string of the molecule is CC(C)(CSI)CSC=O.CCCN1CCOCC1. The molecule has 0 aromatic rings. The highest BCUT2D eigenvalue weighted by Crippen LogP contribution is 2.28. The van der Waals surface area contributed by atoms with Crippen molar-refractivity contribution in [3.63, 3.8) is 0 Å². The minimum Gasteiger partial charge on any atom is -0.379 e. The van der Waals surface area contributed by atoms with E-state index in [1.54, 1.807) is 8.93 Å². The van der Waals surface area contributed by atoms with Gasteiger partial charge in [0.2, 0.25) is 0 Å². The standard InChI is InChI=1S/C7H15NO.C6H11IOS2/c1-2-3-8-4-6-9-7-5-8;1-6(2,4-10-7)3-9-5-8/h2-7H2,1H3;5H,3-4H2,1-2H3. The van der Waals surface area contributed by atoms with Crippen LogP contribution >= 0.6 is 41.9 Å². The molecular formula is C13H26INO2S2. The normalized spacial score (nSPS) is 16.6. The first kappa shape index (κ1) is 20.0. The third-order valence-corrected chi connectivity index (χ3v) is 5.54. The molecule has 1 saturated heterocycles. The number of nitrogens with zero attached hydrogens (tertiary/aromatic N) is 1. The first-order chi connectivity index (χ1) is 9.05. The molecule has 0 amide bonds. The Balaban J connectivity index is 0.000000342. The van der Waals surface area contributed by atoms with E-state index in [0.717, 1.165) is 43.4 Å². The maximum atomic E-state index is 10.0. The summed E-state index contributed by atoms with van der Waals surface area (Å²) in [4.78, 5) is 12.5. The summed E-state index contributed by atoms with van der Waals surface area (Å²) in [6.07, 6.45) is 1.26. The Bertz CT molecular complexity index is 222. The lowest BCUT2D eigenvalue weighted by molar-refractivity contribution is 0.0380. The third kappa shape index (κ3) is 12.5. The highest BCUT2D eigenvalue weighted by Gasteiger charge is 2.16. The van der Waals surface area contributed by atoms with E-state index in [1.165, 1.54) is 24.7 Å². The van der Waals surface area contributed by atoms with E-state index in [4.69, 9.17) is 4.74 Å². The lowest BCUT2D eigenvalue weighted by atomic mass is 10.0. The number of carbonyl (C=O) groups is 1. The van der Waals surface area contributed by atoms with Gasteiger partial charge in [-0.1, -0.05) is 41.5 Å². The summed E-state index contributed by atoms with van der Waals surface area (Å²) in [5.41, 5.74) is 1.21. The molecule has 0 radical (unpaired) electrons. The van der Waals surface area contributed by atoms with Crippen molar-refractivity contribution in [3.05, 3.63) is 0 Å². The summed E-state index contributed by atoms with van der Waals surface area (Å²) < 4.78 is 5.20. The fourth-order valence-corrected chi connectivity index (χ4v) is 5.27. The highest BCUT2D eigenvalue weighted by molar-refractivity contribution is 14.2.